The Labute approximate surface area is 208 Å². The van der Waals surface area contributed by atoms with Crippen LogP contribution >= 0.6 is 0 Å². The van der Waals surface area contributed by atoms with E-state index in [9.17, 15) is 9.90 Å². The van der Waals surface area contributed by atoms with E-state index in [-0.39, 0.29) is 19.8 Å². The van der Waals surface area contributed by atoms with Crippen LogP contribution in [0.15, 0.2) is 96.1 Å². The number of carbonyl (C=O) groups is 1. The van der Waals surface area contributed by atoms with Crippen LogP contribution in [0.25, 0.3) is 10.4 Å². The normalized spacial score (nSPS) is 23.4. The molecule has 1 heterocycles. The van der Waals surface area contributed by atoms with Gasteiger partial charge in [0.1, 0.15) is 31.0 Å². The van der Waals surface area contributed by atoms with Gasteiger partial charge < -0.3 is 24.1 Å². The van der Waals surface area contributed by atoms with Gasteiger partial charge in [0, 0.05) is 4.91 Å². The number of carbonyl (C=O) groups excluding carboxylic acids is 1. The summed E-state index contributed by atoms with van der Waals surface area (Å²) < 4.78 is 23.4. The van der Waals surface area contributed by atoms with Crippen LogP contribution in [-0.4, -0.2) is 48.3 Å². The maximum absolute atomic E-state index is 12.4. The van der Waals surface area contributed by atoms with Crippen LogP contribution in [0.4, 0.5) is 0 Å². The predicted octanol–water partition coefficient (Wildman–Crippen LogP) is 4.41. The summed E-state index contributed by atoms with van der Waals surface area (Å²) in [6, 6.07) is 27.4. The van der Waals surface area contributed by atoms with Crippen molar-refractivity contribution in [1.29, 1.82) is 0 Å². The summed E-state index contributed by atoms with van der Waals surface area (Å²) in [5, 5.41) is 14.9. The molecule has 0 unspecified atom stereocenters. The minimum absolute atomic E-state index is 0.188. The van der Waals surface area contributed by atoms with Gasteiger partial charge in [0.05, 0.1) is 18.8 Å². The lowest BCUT2D eigenvalue weighted by atomic mass is 9.97. The van der Waals surface area contributed by atoms with Gasteiger partial charge in [-0.25, -0.2) is 4.79 Å². The van der Waals surface area contributed by atoms with E-state index in [1.807, 2.05) is 60.7 Å². The topological polar surface area (TPSA) is 123 Å². The second kappa shape index (κ2) is 12.8. The first-order chi connectivity index (χ1) is 17.7. The molecular weight excluding hydrogens is 462 g/mol. The fourth-order valence-electron chi connectivity index (χ4n) is 3.91. The maximum Gasteiger partial charge on any atom is 0.338 e. The Morgan fingerprint density at radius 2 is 1.39 bits per heavy atom. The van der Waals surface area contributed by atoms with Crippen molar-refractivity contribution >= 4 is 5.97 Å². The molecule has 36 heavy (non-hydrogen) atoms. The molecule has 0 amide bonds. The number of rotatable bonds is 10. The van der Waals surface area contributed by atoms with Crippen molar-refractivity contribution in [2.24, 2.45) is 5.11 Å². The second-order valence-corrected chi connectivity index (χ2v) is 8.25. The Bertz CT molecular complexity index is 1140. The number of azide groups is 1. The third-order valence-corrected chi connectivity index (χ3v) is 5.76. The summed E-state index contributed by atoms with van der Waals surface area (Å²) in [5.41, 5.74) is 11.3. The first kappa shape index (κ1) is 25.4. The zero-order chi connectivity index (χ0) is 25.2. The molecule has 1 saturated heterocycles. The smallest absolute Gasteiger partial charge is 0.338 e. The molecular formula is C27H27N3O6. The number of ether oxygens (including phenoxy) is 4. The van der Waals surface area contributed by atoms with Crippen molar-refractivity contribution < 1.29 is 28.8 Å². The van der Waals surface area contributed by atoms with Crippen LogP contribution in [-0.2, 0) is 32.2 Å². The van der Waals surface area contributed by atoms with Crippen molar-refractivity contribution in [2.75, 3.05) is 6.61 Å². The van der Waals surface area contributed by atoms with E-state index < -0.39 is 36.6 Å². The molecule has 9 heteroatoms. The highest BCUT2D eigenvalue weighted by Gasteiger charge is 2.47. The average molecular weight is 490 g/mol. The molecule has 1 aliphatic heterocycles. The van der Waals surface area contributed by atoms with Crippen LogP contribution in [0.5, 0.6) is 0 Å². The third kappa shape index (κ3) is 6.69. The zero-order valence-electron chi connectivity index (χ0n) is 19.5. The quantitative estimate of drug-likeness (QED) is 0.195. The summed E-state index contributed by atoms with van der Waals surface area (Å²) in [6.45, 7) is 0.119. The fraction of sp³-hybridized carbons (Fsp3) is 0.296. The second-order valence-electron chi connectivity index (χ2n) is 8.25. The highest BCUT2D eigenvalue weighted by atomic mass is 16.6. The van der Waals surface area contributed by atoms with E-state index >= 15 is 0 Å². The molecule has 186 valence electrons. The van der Waals surface area contributed by atoms with E-state index in [4.69, 9.17) is 24.5 Å². The Kier molecular flexibility index (Phi) is 9.04. The number of esters is 1. The first-order valence-electron chi connectivity index (χ1n) is 11.6. The van der Waals surface area contributed by atoms with Crippen molar-refractivity contribution in [3.05, 3.63) is 118 Å². The third-order valence-electron chi connectivity index (χ3n) is 5.76. The van der Waals surface area contributed by atoms with Gasteiger partial charge in [0.15, 0.2) is 6.23 Å². The SMILES string of the molecule is [N-]=[N+]=N[C@@H]1O[C@H](COC(=O)c2ccccc2)[C@H](O)[C@H](OCc2ccccc2)[C@H]1OCc1ccccc1. The fourth-order valence-corrected chi connectivity index (χ4v) is 3.91. The average Bonchev–Trinajstić information content (AvgIpc) is 2.93. The summed E-state index contributed by atoms with van der Waals surface area (Å²) in [7, 11) is 0. The van der Waals surface area contributed by atoms with Crippen LogP contribution in [0.1, 0.15) is 21.5 Å². The van der Waals surface area contributed by atoms with Crippen LogP contribution in [0.3, 0.4) is 0 Å². The summed E-state index contributed by atoms with van der Waals surface area (Å²) >= 11 is 0. The molecule has 0 aromatic heterocycles. The number of hydrogen-bond donors (Lipinski definition) is 1. The maximum atomic E-state index is 12.4. The predicted molar refractivity (Wildman–Crippen MR) is 131 cm³/mol. The number of aliphatic hydroxyl groups excluding tert-OH is 1. The van der Waals surface area contributed by atoms with Gasteiger partial charge >= 0.3 is 5.97 Å². The monoisotopic (exact) mass is 489 g/mol. The van der Waals surface area contributed by atoms with E-state index in [1.165, 1.54) is 0 Å². The Hall–Kier alpha value is -3.72. The van der Waals surface area contributed by atoms with Gasteiger partial charge in [0.25, 0.3) is 0 Å². The molecule has 1 N–H and O–H groups in total. The lowest BCUT2D eigenvalue weighted by Crippen LogP contribution is -2.59. The Morgan fingerprint density at radius 3 is 1.94 bits per heavy atom. The molecule has 3 aromatic carbocycles. The van der Waals surface area contributed by atoms with E-state index in [2.05, 4.69) is 10.0 Å². The molecule has 0 aliphatic carbocycles. The standard InChI is InChI=1S/C27H27N3O6/c28-30-29-26-25(34-17-20-12-6-2-7-13-20)24(33-16-19-10-4-1-5-11-19)23(31)22(36-26)18-35-27(32)21-14-8-3-9-15-21/h1-15,22-26,31H,16-18H2/t22-,23+,24+,25-,26-/m1/s1. The van der Waals surface area contributed by atoms with Crippen LogP contribution in [0.2, 0.25) is 0 Å². The van der Waals surface area contributed by atoms with Gasteiger partial charge in [-0.15, -0.1) is 0 Å². The summed E-state index contributed by atoms with van der Waals surface area (Å²) in [6.07, 6.45) is -5.14. The zero-order valence-corrected chi connectivity index (χ0v) is 19.5. The minimum atomic E-state index is -1.22. The van der Waals surface area contributed by atoms with Crippen molar-refractivity contribution in [3.63, 3.8) is 0 Å². The van der Waals surface area contributed by atoms with Gasteiger partial charge in [-0.05, 0) is 28.8 Å². The molecule has 5 atom stereocenters. The highest BCUT2D eigenvalue weighted by Crippen LogP contribution is 2.29. The van der Waals surface area contributed by atoms with Gasteiger partial charge in [-0.1, -0.05) is 84.0 Å². The Balaban J connectivity index is 1.51. The largest absolute Gasteiger partial charge is 0.459 e. The molecule has 0 spiro atoms. The van der Waals surface area contributed by atoms with E-state index in [1.54, 1.807) is 30.3 Å². The summed E-state index contributed by atoms with van der Waals surface area (Å²) in [5.74, 6) is -0.559. The molecule has 4 rings (SSSR count). The van der Waals surface area contributed by atoms with E-state index in [0.717, 1.165) is 11.1 Å². The lowest BCUT2D eigenvalue weighted by molar-refractivity contribution is -0.255. The van der Waals surface area contributed by atoms with Crippen molar-refractivity contribution in [2.45, 2.75) is 43.9 Å². The molecule has 3 aromatic rings. The van der Waals surface area contributed by atoms with Crippen LogP contribution in [0, 0.1) is 0 Å². The van der Waals surface area contributed by atoms with Crippen LogP contribution < -0.4 is 0 Å². The molecule has 0 saturated carbocycles. The van der Waals surface area contributed by atoms with E-state index in [0.29, 0.717) is 5.56 Å². The minimum Gasteiger partial charge on any atom is -0.459 e. The molecule has 0 bridgehead atoms. The summed E-state index contributed by atoms with van der Waals surface area (Å²) in [4.78, 5) is 15.3. The molecule has 1 fully saturated rings. The molecule has 1 aliphatic rings. The number of hydrogen-bond acceptors (Lipinski definition) is 7. The molecule has 0 radical (unpaired) electrons. The first-order valence-corrected chi connectivity index (χ1v) is 11.6. The number of aliphatic hydroxyl groups is 1. The van der Waals surface area contributed by atoms with Crippen molar-refractivity contribution in [1.82, 2.24) is 0 Å². The molecule has 9 nitrogen and oxygen atoms in total. The lowest BCUT2D eigenvalue weighted by Gasteiger charge is -2.42. The Morgan fingerprint density at radius 1 is 0.861 bits per heavy atom. The van der Waals surface area contributed by atoms with Gasteiger partial charge in [-0.3, -0.25) is 0 Å². The number of benzene rings is 3. The van der Waals surface area contributed by atoms with Gasteiger partial charge in [-0.2, -0.15) is 0 Å². The highest BCUT2D eigenvalue weighted by molar-refractivity contribution is 5.89. The number of nitrogens with zero attached hydrogens (tertiary/aromatic N) is 3. The van der Waals surface area contributed by atoms with Crippen molar-refractivity contribution in [3.8, 4) is 0 Å². The van der Waals surface area contributed by atoms with Gasteiger partial charge in [0.2, 0.25) is 0 Å².